The van der Waals surface area contributed by atoms with Crippen LogP contribution in [0.5, 0.6) is 0 Å². The second kappa shape index (κ2) is 4.98. The second-order valence-electron chi connectivity index (χ2n) is 3.59. The lowest BCUT2D eigenvalue weighted by atomic mass is 10.1. The number of aliphatic hydroxyl groups is 1. The van der Waals surface area contributed by atoms with Gasteiger partial charge in [0, 0.05) is 12.5 Å². The number of benzene rings is 1. The Balaban J connectivity index is 2.19. The average molecular weight is 303 g/mol. The first-order chi connectivity index (χ1) is 8.08. The first-order valence-corrected chi connectivity index (χ1v) is 5.72. The summed E-state index contributed by atoms with van der Waals surface area (Å²) in [6, 6.07) is 4.89. The van der Waals surface area contributed by atoms with Crippen molar-refractivity contribution in [1.29, 1.82) is 0 Å². The zero-order chi connectivity index (χ0) is 12.4. The summed E-state index contributed by atoms with van der Waals surface area (Å²) in [4.78, 5) is 0. The van der Waals surface area contributed by atoms with Crippen molar-refractivity contribution in [1.82, 2.24) is 0 Å². The summed E-state index contributed by atoms with van der Waals surface area (Å²) < 4.78 is 31.7. The Kier molecular flexibility index (Phi) is 3.59. The van der Waals surface area contributed by atoms with Crippen LogP contribution in [0.3, 0.4) is 0 Å². The molecule has 1 unspecified atom stereocenters. The van der Waals surface area contributed by atoms with E-state index in [2.05, 4.69) is 15.9 Å². The van der Waals surface area contributed by atoms with E-state index in [4.69, 9.17) is 4.42 Å². The molecule has 5 heteroatoms. The number of furan rings is 1. The van der Waals surface area contributed by atoms with E-state index in [1.807, 2.05) is 0 Å². The molecule has 0 radical (unpaired) electrons. The quantitative estimate of drug-likeness (QED) is 0.940. The van der Waals surface area contributed by atoms with Gasteiger partial charge in [-0.2, -0.15) is 0 Å². The Morgan fingerprint density at radius 2 is 2.06 bits per heavy atom. The van der Waals surface area contributed by atoms with Gasteiger partial charge in [-0.3, -0.25) is 0 Å². The lowest BCUT2D eigenvalue weighted by molar-refractivity contribution is 0.148. The molecule has 2 rings (SSSR count). The summed E-state index contributed by atoms with van der Waals surface area (Å²) >= 11 is 3.20. The van der Waals surface area contributed by atoms with E-state index >= 15 is 0 Å². The maximum absolute atomic E-state index is 13.4. The second-order valence-corrected chi connectivity index (χ2v) is 4.44. The molecule has 0 saturated heterocycles. The van der Waals surface area contributed by atoms with Gasteiger partial charge in [0.2, 0.25) is 0 Å². The summed E-state index contributed by atoms with van der Waals surface area (Å²) in [6.45, 7) is 0. The van der Waals surface area contributed by atoms with Crippen molar-refractivity contribution in [2.75, 3.05) is 0 Å². The van der Waals surface area contributed by atoms with E-state index in [0.29, 0.717) is 10.2 Å². The van der Waals surface area contributed by atoms with Crippen LogP contribution in [0.1, 0.15) is 17.4 Å². The minimum absolute atomic E-state index is 0.0260. The summed E-state index contributed by atoms with van der Waals surface area (Å²) in [6.07, 6.45) is 0.473. The molecule has 2 aromatic rings. The topological polar surface area (TPSA) is 33.4 Å². The molecule has 0 fully saturated rings. The summed E-state index contributed by atoms with van der Waals surface area (Å²) in [5, 5.41) is 9.85. The van der Waals surface area contributed by atoms with Crippen molar-refractivity contribution in [3.63, 3.8) is 0 Å². The summed E-state index contributed by atoms with van der Waals surface area (Å²) in [5.41, 5.74) is 0.238. The first-order valence-electron chi connectivity index (χ1n) is 4.93. The number of hydrogen-bond donors (Lipinski definition) is 1. The SMILES string of the molecule is OC(Cc1ccc(F)cc1F)c1occc1Br. The zero-order valence-electron chi connectivity index (χ0n) is 8.66. The monoisotopic (exact) mass is 302 g/mol. The third kappa shape index (κ3) is 2.73. The Morgan fingerprint density at radius 1 is 1.29 bits per heavy atom. The van der Waals surface area contributed by atoms with Gasteiger partial charge in [0.05, 0.1) is 10.7 Å². The third-order valence-electron chi connectivity index (χ3n) is 2.38. The highest BCUT2D eigenvalue weighted by Gasteiger charge is 2.17. The number of aliphatic hydroxyl groups excluding tert-OH is 1. The molecule has 1 aromatic carbocycles. The van der Waals surface area contributed by atoms with Crippen molar-refractivity contribution in [2.45, 2.75) is 12.5 Å². The van der Waals surface area contributed by atoms with E-state index < -0.39 is 17.7 Å². The van der Waals surface area contributed by atoms with Crippen LogP contribution >= 0.6 is 15.9 Å². The van der Waals surface area contributed by atoms with Crippen LogP contribution in [0.25, 0.3) is 0 Å². The molecule has 0 aliphatic carbocycles. The summed E-state index contributed by atoms with van der Waals surface area (Å²) in [5.74, 6) is -0.986. The molecule has 1 atom stereocenters. The van der Waals surface area contributed by atoms with Crippen LogP contribution < -0.4 is 0 Å². The van der Waals surface area contributed by atoms with Gasteiger partial charge in [-0.05, 0) is 33.6 Å². The average Bonchev–Trinajstić information content (AvgIpc) is 2.68. The molecule has 2 nitrogen and oxygen atoms in total. The fourth-order valence-corrected chi connectivity index (χ4v) is 2.00. The van der Waals surface area contributed by atoms with E-state index in [9.17, 15) is 13.9 Å². The normalized spacial score (nSPS) is 12.7. The number of halogens is 3. The maximum atomic E-state index is 13.4. The van der Waals surface area contributed by atoms with Crippen LogP contribution in [-0.4, -0.2) is 5.11 Å². The van der Waals surface area contributed by atoms with Crippen LogP contribution in [-0.2, 0) is 6.42 Å². The maximum Gasteiger partial charge on any atom is 0.146 e. The van der Waals surface area contributed by atoms with Gasteiger partial charge in [-0.1, -0.05) is 6.07 Å². The van der Waals surface area contributed by atoms with Gasteiger partial charge in [0.1, 0.15) is 23.5 Å². The zero-order valence-corrected chi connectivity index (χ0v) is 10.2. The van der Waals surface area contributed by atoms with Crippen molar-refractivity contribution >= 4 is 15.9 Å². The Morgan fingerprint density at radius 3 is 2.65 bits per heavy atom. The predicted molar refractivity (Wildman–Crippen MR) is 61.4 cm³/mol. The fraction of sp³-hybridized carbons (Fsp3) is 0.167. The van der Waals surface area contributed by atoms with E-state index in [0.717, 1.165) is 12.1 Å². The standard InChI is InChI=1S/C12H9BrF2O2/c13-9-3-4-17-12(9)11(16)5-7-1-2-8(14)6-10(7)15/h1-4,6,11,16H,5H2. The van der Waals surface area contributed by atoms with Crippen molar-refractivity contribution < 1.29 is 18.3 Å². The fourth-order valence-electron chi connectivity index (χ4n) is 1.53. The molecule has 0 aliphatic rings. The minimum atomic E-state index is -0.973. The van der Waals surface area contributed by atoms with Gasteiger partial charge < -0.3 is 9.52 Å². The highest BCUT2D eigenvalue weighted by atomic mass is 79.9. The molecule has 1 N–H and O–H groups in total. The largest absolute Gasteiger partial charge is 0.465 e. The van der Waals surface area contributed by atoms with Crippen LogP contribution in [0.2, 0.25) is 0 Å². The molecule has 0 saturated carbocycles. The van der Waals surface area contributed by atoms with Crippen LogP contribution in [0, 0.1) is 11.6 Å². The molecule has 0 amide bonds. The highest BCUT2D eigenvalue weighted by Crippen LogP contribution is 2.27. The molecule has 0 aliphatic heterocycles. The van der Waals surface area contributed by atoms with Crippen molar-refractivity contribution in [3.8, 4) is 0 Å². The molecule has 0 bridgehead atoms. The van der Waals surface area contributed by atoms with Crippen molar-refractivity contribution in [2.24, 2.45) is 0 Å². The Bertz CT molecular complexity index is 525. The number of rotatable bonds is 3. The van der Waals surface area contributed by atoms with E-state index in [1.165, 1.54) is 12.3 Å². The highest BCUT2D eigenvalue weighted by molar-refractivity contribution is 9.10. The van der Waals surface area contributed by atoms with Gasteiger partial charge >= 0.3 is 0 Å². The molecule has 90 valence electrons. The van der Waals surface area contributed by atoms with Gasteiger partial charge in [0.15, 0.2) is 0 Å². The first kappa shape index (κ1) is 12.3. The lowest BCUT2D eigenvalue weighted by Crippen LogP contribution is -2.03. The van der Waals surface area contributed by atoms with Gasteiger partial charge in [-0.15, -0.1) is 0 Å². The molecular weight excluding hydrogens is 294 g/mol. The molecule has 1 aromatic heterocycles. The predicted octanol–water partition coefficient (Wildman–Crippen LogP) is 3.60. The Labute approximate surface area is 105 Å². The van der Waals surface area contributed by atoms with Crippen LogP contribution in [0.4, 0.5) is 8.78 Å². The molecule has 17 heavy (non-hydrogen) atoms. The molecular formula is C12H9BrF2O2. The van der Waals surface area contributed by atoms with Crippen LogP contribution in [0.15, 0.2) is 39.4 Å². The van der Waals surface area contributed by atoms with Gasteiger partial charge in [0.25, 0.3) is 0 Å². The smallest absolute Gasteiger partial charge is 0.146 e. The lowest BCUT2D eigenvalue weighted by Gasteiger charge is -2.09. The van der Waals surface area contributed by atoms with Gasteiger partial charge in [-0.25, -0.2) is 8.78 Å². The minimum Gasteiger partial charge on any atom is -0.465 e. The Hall–Kier alpha value is -1.20. The van der Waals surface area contributed by atoms with E-state index in [-0.39, 0.29) is 12.0 Å². The number of hydrogen-bond acceptors (Lipinski definition) is 2. The molecule has 1 heterocycles. The molecule has 0 spiro atoms. The third-order valence-corrected chi connectivity index (χ3v) is 3.03. The van der Waals surface area contributed by atoms with E-state index in [1.54, 1.807) is 6.07 Å². The van der Waals surface area contributed by atoms with Crippen molar-refractivity contribution in [3.05, 3.63) is 58.0 Å². The summed E-state index contributed by atoms with van der Waals surface area (Å²) in [7, 11) is 0.